The normalized spacial score (nSPS) is 12.4. The smallest absolute Gasteiger partial charge is 0.306 e. The molecule has 0 fully saturated rings. The van der Waals surface area contributed by atoms with Gasteiger partial charge in [-0.2, -0.15) is 0 Å². The highest BCUT2D eigenvalue weighted by atomic mass is 16.6. The lowest BCUT2D eigenvalue weighted by atomic mass is 10.1. The van der Waals surface area contributed by atoms with Gasteiger partial charge in [-0.15, -0.1) is 0 Å². The first-order valence-corrected chi connectivity index (χ1v) is 28.1. The van der Waals surface area contributed by atoms with Gasteiger partial charge in [-0.3, -0.25) is 14.4 Å². The van der Waals surface area contributed by atoms with Gasteiger partial charge < -0.3 is 14.2 Å². The summed E-state index contributed by atoms with van der Waals surface area (Å²) in [6.07, 6.45) is 65.2. The van der Waals surface area contributed by atoms with Crippen molar-refractivity contribution in [3.8, 4) is 0 Å². The van der Waals surface area contributed by atoms with Gasteiger partial charge in [-0.25, -0.2) is 0 Å². The molecular formula is C59H106O6. The third kappa shape index (κ3) is 52.2. The average molecular weight is 911 g/mol. The minimum Gasteiger partial charge on any atom is -0.462 e. The number of hydrogen-bond acceptors (Lipinski definition) is 6. The van der Waals surface area contributed by atoms with E-state index in [0.29, 0.717) is 19.3 Å². The van der Waals surface area contributed by atoms with Crippen molar-refractivity contribution in [2.24, 2.45) is 0 Å². The second-order valence-electron chi connectivity index (χ2n) is 18.8. The van der Waals surface area contributed by atoms with Gasteiger partial charge >= 0.3 is 17.9 Å². The number of ether oxygens (including phenoxy) is 3. The van der Waals surface area contributed by atoms with Crippen LogP contribution in [0.1, 0.15) is 290 Å². The standard InChI is InChI=1S/C59H106O6/c1-4-7-10-13-16-19-22-25-28-29-30-32-34-37-40-43-46-49-52-58(61)64-55-56(54-63-57(60)51-48-45-42-39-36-33-27-24-21-18-15-12-9-6-3)65-59(62)53-50-47-44-41-38-35-31-26-23-20-17-14-11-8-5-2/h15,18,24,26-29,31,56H,4-14,16-17,19-23,25,30,32-55H2,1-3H3/b18-15-,27-24-,29-28-,31-26-. The quantitative estimate of drug-likeness (QED) is 0.0262. The fourth-order valence-corrected chi connectivity index (χ4v) is 7.98. The van der Waals surface area contributed by atoms with Crippen molar-refractivity contribution in [1.82, 2.24) is 0 Å². The Labute approximate surface area is 403 Å². The highest BCUT2D eigenvalue weighted by molar-refractivity contribution is 5.71. The Morgan fingerprint density at radius 3 is 0.908 bits per heavy atom. The van der Waals surface area contributed by atoms with Gasteiger partial charge in [0.25, 0.3) is 0 Å². The third-order valence-electron chi connectivity index (χ3n) is 12.3. The molecule has 1 unspecified atom stereocenters. The molecule has 0 heterocycles. The summed E-state index contributed by atoms with van der Waals surface area (Å²) in [6.45, 7) is 6.59. The molecule has 65 heavy (non-hydrogen) atoms. The van der Waals surface area contributed by atoms with Crippen LogP contribution in [0.3, 0.4) is 0 Å². The van der Waals surface area contributed by atoms with Gasteiger partial charge in [0.05, 0.1) is 0 Å². The summed E-state index contributed by atoms with van der Waals surface area (Å²) in [5.41, 5.74) is 0. The van der Waals surface area contributed by atoms with Gasteiger partial charge in [0.1, 0.15) is 13.2 Å². The first-order valence-electron chi connectivity index (χ1n) is 28.1. The Balaban J connectivity index is 4.38. The van der Waals surface area contributed by atoms with Gasteiger partial charge in [-0.1, -0.05) is 223 Å². The average Bonchev–Trinajstić information content (AvgIpc) is 3.30. The predicted octanol–water partition coefficient (Wildman–Crippen LogP) is 18.7. The zero-order valence-electron chi connectivity index (χ0n) is 43.3. The molecule has 0 aromatic carbocycles. The lowest BCUT2D eigenvalue weighted by Crippen LogP contribution is -2.30. The number of rotatable bonds is 51. The van der Waals surface area contributed by atoms with Gasteiger partial charge in [0, 0.05) is 19.3 Å². The maximum absolute atomic E-state index is 12.8. The maximum Gasteiger partial charge on any atom is 0.306 e. The minimum absolute atomic E-state index is 0.0820. The van der Waals surface area contributed by atoms with Crippen LogP contribution < -0.4 is 0 Å². The molecule has 378 valence electrons. The van der Waals surface area contributed by atoms with Gasteiger partial charge in [-0.05, 0) is 96.3 Å². The van der Waals surface area contributed by atoms with E-state index in [1.807, 2.05) is 0 Å². The lowest BCUT2D eigenvalue weighted by molar-refractivity contribution is -0.167. The summed E-state index contributed by atoms with van der Waals surface area (Å²) in [6, 6.07) is 0. The van der Waals surface area contributed by atoms with Crippen molar-refractivity contribution < 1.29 is 28.6 Å². The molecule has 0 radical (unpaired) electrons. The number of carbonyl (C=O) groups excluding carboxylic acids is 3. The maximum atomic E-state index is 12.8. The van der Waals surface area contributed by atoms with Crippen LogP contribution in [0.15, 0.2) is 48.6 Å². The molecular weight excluding hydrogens is 805 g/mol. The zero-order chi connectivity index (χ0) is 47.2. The molecule has 0 spiro atoms. The molecule has 0 saturated heterocycles. The van der Waals surface area contributed by atoms with Crippen LogP contribution in [-0.2, 0) is 28.6 Å². The molecule has 0 amide bonds. The Morgan fingerprint density at radius 2 is 0.569 bits per heavy atom. The summed E-state index contributed by atoms with van der Waals surface area (Å²) in [5, 5.41) is 0. The topological polar surface area (TPSA) is 78.9 Å². The Kier molecular flexibility index (Phi) is 51.8. The molecule has 0 rings (SSSR count). The minimum atomic E-state index is -0.784. The molecule has 0 aromatic rings. The van der Waals surface area contributed by atoms with Crippen LogP contribution >= 0.6 is 0 Å². The number of hydrogen-bond donors (Lipinski definition) is 0. The second-order valence-corrected chi connectivity index (χ2v) is 18.8. The van der Waals surface area contributed by atoms with E-state index in [1.54, 1.807) is 0 Å². The van der Waals surface area contributed by atoms with Crippen molar-refractivity contribution in [3.05, 3.63) is 48.6 Å². The molecule has 0 aliphatic heterocycles. The van der Waals surface area contributed by atoms with Crippen LogP contribution in [0.25, 0.3) is 0 Å². The molecule has 1 atom stereocenters. The molecule has 0 N–H and O–H groups in total. The van der Waals surface area contributed by atoms with Crippen molar-refractivity contribution in [1.29, 1.82) is 0 Å². The third-order valence-corrected chi connectivity index (χ3v) is 12.3. The zero-order valence-corrected chi connectivity index (χ0v) is 43.3. The lowest BCUT2D eigenvalue weighted by Gasteiger charge is -2.18. The summed E-state index contributed by atoms with van der Waals surface area (Å²) >= 11 is 0. The molecule has 0 aliphatic carbocycles. The first-order chi connectivity index (χ1) is 32.0. The van der Waals surface area contributed by atoms with Crippen LogP contribution in [0, 0.1) is 0 Å². The SMILES string of the molecule is CCCC/C=C\C/C=C\CCCCCCCC(=O)OCC(COC(=O)CCCCCCCCC/C=C\CCCCCCCCC)OC(=O)CCCCCCC/C=C\CCCCCCCC. The Hall–Kier alpha value is -2.63. The monoisotopic (exact) mass is 911 g/mol. The summed E-state index contributed by atoms with van der Waals surface area (Å²) < 4.78 is 16.8. The van der Waals surface area contributed by atoms with Crippen LogP contribution in [-0.4, -0.2) is 37.2 Å². The Morgan fingerprint density at radius 1 is 0.308 bits per heavy atom. The Bertz CT molecular complexity index is 1140. The van der Waals surface area contributed by atoms with Crippen molar-refractivity contribution in [2.75, 3.05) is 13.2 Å². The van der Waals surface area contributed by atoms with Crippen LogP contribution in [0.2, 0.25) is 0 Å². The van der Waals surface area contributed by atoms with Crippen molar-refractivity contribution >= 4 is 17.9 Å². The molecule has 6 nitrogen and oxygen atoms in total. The van der Waals surface area contributed by atoms with E-state index in [-0.39, 0.29) is 31.1 Å². The molecule has 0 saturated carbocycles. The molecule has 0 aromatic heterocycles. The van der Waals surface area contributed by atoms with E-state index < -0.39 is 6.10 Å². The van der Waals surface area contributed by atoms with Crippen LogP contribution in [0.4, 0.5) is 0 Å². The van der Waals surface area contributed by atoms with Crippen molar-refractivity contribution in [2.45, 2.75) is 297 Å². The van der Waals surface area contributed by atoms with Gasteiger partial charge in [0.15, 0.2) is 6.10 Å². The first kappa shape index (κ1) is 62.4. The fraction of sp³-hybridized carbons (Fsp3) is 0.814. The second kappa shape index (κ2) is 54.0. The van der Waals surface area contributed by atoms with E-state index in [4.69, 9.17) is 14.2 Å². The summed E-state index contributed by atoms with van der Waals surface area (Å²) in [4.78, 5) is 38.1. The van der Waals surface area contributed by atoms with E-state index >= 15 is 0 Å². The number of allylic oxidation sites excluding steroid dienone is 8. The van der Waals surface area contributed by atoms with Crippen molar-refractivity contribution in [3.63, 3.8) is 0 Å². The highest BCUT2D eigenvalue weighted by Gasteiger charge is 2.19. The van der Waals surface area contributed by atoms with E-state index in [0.717, 1.165) is 89.9 Å². The van der Waals surface area contributed by atoms with E-state index in [1.165, 1.54) is 161 Å². The van der Waals surface area contributed by atoms with E-state index in [2.05, 4.69) is 69.4 Å². The number of carbonyl (C=O) groups is 3. The fourth-order valence-electron chi connectivity index (χ4n) is 7.98. The van der Waals surface area contributed by atoms with Gasteiger partial charge in [0.2, 0.25) is 0 Å². The highest BCUT2D eigenvalue weighted by Crippen LogP contribution is 2.15. The number of esters is 3. The molecule has 6 heteroatoms. The van der Waals surface area contributed by atoms with Crippen LogP contribution in [0.5, 0.6) is 0 Å². The largest absolute Gasteiger partial charge is 0.462 e. The van der Waals surface area contributed by atoms with E-state index in [9.17, 15) is 14.4 Å². The summed E-state index contributed by atoms with van der Waals surface area (Å²) in [7, 11) is 0. The number of unbranched alkanes of at least 4 members (excludes halogenated alkanes) is 32. The molecule has 0 aliphatic rings. The summed E-state index contributed by atoms with van der Waals surface area (Å²) in [5.74, 6) is -0.898. The predicted molar refractivity (Wildman–Crippen MR) is 279 cm³/mol. The molecule has 0 bridgehead atoms.